The minimum absolute atomic E-state index is 0.0379. The molecule has 1 atom stereocenters. The molecule has 0 spiro atoms. The Labute approximate surface area is 157 Å². The Hall–Kier alpha value is -1.69. The third-order valence-corrected chi connectivity index (χ3v) is 5.64. The lowest BCUT2D eigenvalue weighted by Crippen LogP contribution is -2.36. The van der Waals surface area contributed by atoms with Gasteiger partial charge >= 0.3 is 0 Å². The second kappa shape index (κ2) is 8.61. The fraction of sp³-hybridized carbons (Fsp3) is 0.316. The van der Waals surface area contributed by atoms with Gasteiger partial charge in [-0.05, 0) is 43.3 Å². The maximum atomic E-state index is 12.4. The van der Waals surface area contributed by atoms with Gasteiger partial charge in [-0.3, -0.25) is 4.79 Å². The van der Waals surface area contributed by atoms with E-state index < -0.39 is 0 Å². The summed E-state index contributed by atoms with van der Waals surface area (Å²) in [6.45, 7) is 5.20. The highest BCUT2D eigenvalue weighted by molar-refractivity contribution is 8.00. The molecule has 2 aromatic rings. The molecule has 1 saturated heterocycles. The van der Waals surface area contributed by atoms with Gasteiger partial charge < -0.3 is 15.0 Å². The number of halogens is 1. The van der Waals surface area contributed by atoms with Crippen LogP contribution in [0.5, 0.6) is 0 Å². The Bertz CT molecular complexity index is 718. The van der Waals surface area contributed by atoms with Gasteiger partial charge in [0.2, 0.25) is 5.91 Å². The third-order valence-electron chi connectivity index (χ3n) is 4.02. The van der Waals surface area contributed by atoms with E-state index in [0.29, 0.717) is 5.02 Å². The summed E-state index contributed by atoms with van der Waals surface area (Å²) in [6.07, 6.45) is 0. The summed E-state index contributed by atoms with van der Waals surface area (Å²) < 4.78 is 5.37. The Morgan fingerprint density at radius 3 is 2.52 bits per heavy atom. The number of nitrogens with zero attached hydrogens (tertiary/aromatic N) is 1. The summed E-state index contributed by atoms with van der Waals surface area (Å²) in [5.74, 6) is -0.0379. The Balaban J connectivity index is 1.57. The summed E-state index contributed by atoms with van der Waals surface area (Å²) >= 11 is 7.62. The van der Waals surface area contributed by atoms with Crippen molar-refractivity contribution in [1.82, 2.24) is 0 Å². The monoisotopic (exact) mass is 376 g/mol. The van der Waals surface area contributed by atoms with Crippen molar-refractivity contribution in [3.63, 3.8) is 0 Å². The second-order valence-electron chi connectivity index (χ2n) is 5.83. The molecule has 0 unspecified atom stereocenters. The van der Waals surface area contributed by atoms with Crippen LogP contribution in [0.15, 0.2) is 53.4 Å². The third kappa shape index (κ3) is 4.91. The number of hydrogen-bond donors (Lipinski definition) is 1. The standard InChI is InChI=1S/C19H21ClN2O2S/c1-14(25-18-5-3-2-4-17(18)20)19(23)21-15-6-8-16(9-7-15)22-10-12-24-13-11-22/h2-9,14H,10-13H2,1H3,(H,21,23)/t14-/m1/s1. The highest BCUT2D eigenvalue weighted by atomic mass is 35.5. The minimum atomic E-state index is -0.237. The van der Waals surface area contributed by atoms with E-state index in [1.54, 1.807) is 0 Å². The number of rotatable bonds is 5. The topological polar surface area (TPSA) is 41.6 Å². The number of morpholine rings is 1. The average molecular weight is 377 g/mol. The number of hydrogen-bond acceptors (Lipinski definition) is 4. The molecule has 2 aromatic carbocycles. The predicted molar refractivity (Wildman–Crippen MR) is 105 cm³/mol. The van der Waals surface area contributed by atoms with E-state index in [9.17, 15) is 4.79 Å². The lowest BCUT2D eigenvalue weighted by molar-refractivity contribution is -0.115. The zero-order valence-corrected chi connectivity index (χ0v) is 15.6. The van der Waals surface area contributed by atoms with Crippen molar-refractivity contribution in [2.24, 2.45) is 0 Å². The van der Waals surface area contributed by atoms with E-state index in [2.05, 4.69) is 10.2 Å². The van der Waals surface area contributed by atoms with Gasteiger partial charge in [0.15, 0.2) is 0 Å². The summed E-state index contributed by atoms with van der Waals surface area (Å²) in [6, 6.07) is 15.5. The van der Waals surface area contributed by atoms with Crippen LogP contribution in [0.4, 0.5) is 11.4 Å². The first-order valence-electron chi connectivity index (χ1n) is 8.28. The largest absolute Gasteiger partial charge is 0.378 e. The zero-order chi connectivity index (χ0) is 17.6. The molecule has 4 nitrogen and oxygen atoms in total. The Kier molecular flexibility index (Phi) is 6.24. The summed E-state index contributed by atoms with van der Waals surface area (Å²) in [5, 5.41) is 3.40. The molecule has 0 aliphatic carbocycles. The summed E-state index contributed by atoms with van der Waals surface area (Å²) in [5.41, 5.74) is 1.95. The first kappa shape index (κ1) is 18.1. The van der Waals surface area contributed by atoms with Crippen molar-refractivity contribution >= 4 is 40.6 Å². The fourth-order valence-electron chi connectivity index (χ4n) is 2.61. The van der Waals surface area contributed by atoms with Crippen molar-refractivity contribution in [2.75, 3.05) is 36.5 Å². The maximum Gasteiger partial charge on any atom is 0.237 e. The zero-order valence-electron chi connectivity index (χ0n) is 14.1. The molecule has 3 rings (SSSR count). The van der Waals surface area contributed by atoms with E-state index >= 15 is 0 Å². The molecule has 1 fully saturated rings. The molecule has 132 valence electrons. The molecule has 0 saturated carbocycles. The quantitative estimate of drug-likeness (QED) is 0.790. The van der Waals surface area contributed by atoms with Gasteiger partial charge in [-0.1, -0.05) is 23.7 Å². The molecule has 1 N–H and O–H groups in total. The number of nitrogens with one attached hydrogen (secondary N) is 1. The molecule has 1 heterocycles. The summed E-state index contributed by atoms with van der Waals surface area (Å²) in [4.78, 5) is 15.6. The van der Waals surface area contributed by atoms with Crippen LogP contribution in [-0.2, 0) is 9.53 Å². The Morgan fingerprint density at radius 1 is 1.16 bits per heavy atom. The first-order valence-corrected chi connectivity index (χ1v) is 9.54. The number of anilines is 2. The first-order chi connectivity index (χ1) is 12.1. The number of amides is 1. The molecule has 1 amide bonds. The van der Waals surface area contributed by atoms with Crippen LogP contribution in [-0.4, -0.2) is 37.5 Å². The van der Waals surface area contributed by atoms with Gasteiger partial charge in [0.25, 0.3) is 0 Å². The lowest BCUT2D eigenvalue weighted by Gasteiger charge is -2.28. The van der Waals surface area contributed by atoms with Crippen molar-refractivity contribution in [3.05, 3.63) is 53.6 Å². The number of carbonyl (C=O) groups is 1. The molecule has 1 aliphatic heterocycles. The van der Waals surface area contributed by atoms with Crippen LogP contribution in [0.3, 0.4) is 0 Å². The van der Waals surface area contributed by atoms with Crippen LogP contribution >= 0.6 is 23.4 Å². The molecule has 6 heteroatoms. The molecule has 0 radical (unpaired) electrons. The van der Waals surface area contributed by atoms with Crippen LogP contribution < -0.4 is 10.2 Å². The van der Waals surface area contributed by atoms with Gasteiger partial charge in [-0.15, -0.1) is 11.8 Å². The van der Waals surface area contributed by atoms with Crippen molar-refractivity contribution in [1.29, 1.82) is 0 Å². The minimum Gasteiger partial charge on any atom is -0.378 e. The molecule has 1 aliphatic rings. The average Bonchev–Trinajstić information content (AvgIpc) is 2.65. The van der Waals surface area contributed by atoms with Gasteiger partial charge in [-0.2, -0.15) is 0 Å². The molecule has 0 bridgehead atoms. The Morgan fingerprint density at radius 2 is 1.84 bits per heavy atom. The number of thioether (sulfide) groups is 1. The van der Waals surface area contributed by atoms with E-state index in [-0.39, 0.29) is 11.2 Å². The van der Waals surface area contributed by atoms with Crippen molar-refractivity contribution < 1.29 is 9.53 Å². The number of carbonyl (C=O) groups excluding carboxylic acids is 1. The maximum absolute atomic E-state index is 12.4. The number of ether oxygens (including phenoxy) is 1. The van der Waals surface area contributed by atoms with Gasteiger partial charge in [0, 0.05) is 29.4 Å². The van der Waals surface area contributed by atoms with Crippen LogP contribution in [0.2, 0.25) is 5.02 Å². The molecular weight excluding hydrogens is 356 g/mol. The van der Waals surface area contributed by atoms with Crippen molar-refractivity contribution in [3.8, 4) is 0 Å². The molecular formula is C19H21ClN2O2S. The van der Waals surface area contributed by atoms with Crippen LogP contribution in [0.1, 0.15) is 6.92 Å². The van der Waals surface area contributed by atoms with Gasteiger partial charge in [-0.25, -0.2) is 0 Å². The van der Waals surface area contributed by atoms with Gasteiger partial charge in [0.05, 0.1) is 23.5 Å². The van der Waals surface area contributed by atoms with Crippen LogP contribution in [0.25, 0.3) is 0 Å². The smallest absolute Gasteiger partial charge is 0.237 e. The van der Waals surface area contributed by atoms with Gasteiger partial charge in [0.1, 0.15) is 0 Å². The van der Waals surface area contributed by atoms with E-state index in [1.807, 2.05) is 55.5 Å². The fourth-order valence-corrected chi connectivity index (χ4v) is 3.76. The van der Waals surface area contributed by atoms with E-state index in [0.717, 1.165) is 42.6 Å². The van der Waals surface area contributed by atoms with E-state index in [1.165, 1.54) is 11.8 Å². The molecule has 0 aromatic heterocycles. The normalized spacial score (nSPS) is 15.7. The van der Waals surface area contributed by atoms with Crippen LogP contribution in [0, 0.1) is 0 Å². The summed E-state index contributed by atoms with van der Waals surface area (Å²) in [7, 11) is 0. The highest BCUT2D eigenvalue weighted by Gasteiger charge is 2.16. The predicted octanol–water partition coefficient (Wildman–Crippen LogP) is 4.30. The highest BCUT2D eigenvalue weighted by Crippen LogP contribution is 2.30. The lowest BCUT2D eigenvalue weighted by atomic mass is 10.2. The van der Waals surface area contributed by atoms with E-state index in [4.69, 9.17) is 16.3 Å². The van der Waals surface area contributed by atoms with Crippen molar-refractivity contribution in [2.45, 2.75) is 17.1 Å². The second-order valence-corrected chi connectivity index (χ2v) is 7.62. The SMILES string of the molecule is C[C@@H](Sc1ccccc1Cl)C(=O)Nc1ccc(N2CCOCC2)cc1. The molecule has 25 heavy (non-hydrogen) atoms. The number of benzene rings is 2.